The molecule has 1 aliphatic rings. The van der Waals surface area contributed by atoms with Crippen molar-refractivity contribution in [3.8, 4) is 0 Å². The van der Waals surface area contributed by atoms with E-state index in [0.717, 1.165) is 17.7 Å². The highest BCUT2D eigenvalue weighted by Crippen LogP contribution is 2.37. The number of halogens is 3. The molecule has 0 aromatic heterocycles. The lowest BCUT2D eigenvalue weighted by Gasteiger charge is -2.30. The van der Waals surface area contributed by atoms with Crippen molar-refractivity contribution >= 4 is 40.1 Å². The molecule has 0 saturated carbocycles. The first-order chi connectivity index (χ1) is 12.8. The number of nitrogens with zero attached hydrogens (tertiary/aromatic N) is 1. The predicted octanol–water partition coefficient (Wildman–Crippen LogP) is 4.87. The molecule has 1 atom stereocenters. The average Bonchev–Trinajstić information content (AvgIpc) is 2.63. The van der Waals surface area contributed by atoms with Gasteiger partial charge in [0.25, 0.3) is 5.91 Å². The first-order valence-corrected chi connectivity index (χ1v) is 9.63. The Morgan fingerprint density at radius 2 is 2.19 bits per heavy atom. The maximum Gasteiger partial charge on any atom is 0.258 e. The SMILES string of the molecule is CC1(c2ccc(CF)c(NC(=O)c3cccc(Cl)c3F)c2)CCSC(N)=N1. The molecule has 4 nitrogen and oxygen atoms in total. The van der Waals surface area contributed by atoms with Crippen molar-refractivity contribution in [1.29, 1.82) is 0 Å². The molecule has 0 radical (unpaired) electrons. The summed E-state index contributed by atoms with van der Waals surface area (Å²) < 4.78 is 27.5. The molecule has 2 aromatic rings. The van der Waals surface area contributed by atoms with Crippen LogP contribution in [-0.4, -0.2) is 16.8 Å². The number of alkyl halides is 1. The van der Waals surface area contributed by atoms with Crippen molar-refractivity contribution < 1.29 is 13.6 Å². The molecule has 0 spiro atoms. The molecular weight excluding hydrogens is 392 g/mol. The minimum atomic E-state index is -0.816. The van der Waals surface area contributed by atoms with Crippen LogP contribution in [0.25, 0.3) is 0 Å². The maximum atomic E-state index is 14.1. The van der Waals surface area contributed by atoms with Crippen molar-refractivity contribution in [3.05, 3.63) is 63.9 Å². The number of carbonyl (C=O) groups excluding carboxylic acids is 1. The molecule has 3 N–H and O–H groups in total. The second kappa shape index (κ2) is 7.86. The van der Waals surface area contributed by atoms with Crippen molar-refractivity contribution in [2.75, 3.05) is 11.1 Å². The molecule has 0 bridgehead atoms. The number of thioether (sulfide) groups is 1. The largest absolute Gasteiger partial charge is 0.379 e. The lowest BCUT2D eigenvalue weighted by molar-refractivity contribution is 0.102. The number of anilines is 1. The Morgan fingerprint density at radius 1 is 1.41 bits per heavy atom. The fourth-order valence-corrected chi connectivity index (χ4v) is 4.06. The predicted molar refractivity (Wildman–Crippen MR) is 107 cm³/mol. The van der Waals surface area contributed by atoms with Crippen molar-refractivity contribution in [2.24, 2.45) is 10.7 Å². The Hall–Kier alpha value is -2.12. The van der Waals surface area contributed by atoms with Gasteiger partial charge in [-0.2, -0.15) is 0 Å². The van der Waals surface area contributed by atoms with Gasteiger partial charge >= 0.3 is 0 Å². The number of aliphatic imine (C=N–C) groups is 1. The van der Waals surface area contributed by atoms with Gasteiger partial charge in [-0.05, 0) is 37.1 Å². The van der Waals surface area contributed by atoms with E-state index < -0.39 is 23.9 Å². The first kappa shape index (κ1) is 19.6. The van der Waals surface area contributed by atoms with Crippen LogP contribution in [0.2, 0.25) is 5.02 Å². The van der Waals surface area contributed by atoms with E-state index in [-0.39, 0.29) is 16.3 Å². The van der Waals surface area contributed by atoms with Gasteiger partial charge in [-0.25, -0.2) is 8.78 Å². The van der Waals surface area contributed by atoms with Crippen LogP contribution >= 0.6 is 23.4 Å². The van der Waals surface area contributed by atoms with Gasteiger partial charge in [0, 0.05) is 17.0 Å². The van der Waals surface area contributed by atoms with Gasteiger partial charge in [-0.3, -0.25) is 9.79 Å². The molecule has 1 aliphatic heterocycles. The summed E-state index contributed by atoms with van der Waals surface area (Å²) in [6, 6.07) is 9.19. The number of rotatable bonds is 4. The molecule has 8 heteroatoms. The molecule has 0 saturated heterocycles. The van der Waals surface area contributed by atoms with Gasteiger partial charge in [0.15, 0.2) is 11.0 Å². The van der Waals surface area contributed by atoms with E-state index in [1.54, 1.807) is 18.2 Å². The van der Waals surface area contributed by atoms with Crippen LogP contribution < -0.4 is 11.1 Å². The third-order valence-corrected chi connectivity index (χ3v) is 5.60. The topological polar surface area (TPSA) is 67.5 Å². The minimum absolute atomic E-state index is 0.154. The summed E-state index contributed by atoms with van der Waals surface area (Å²) in [6.45, 7) is 1.16. The van der Waals surface area contributed by atoms with E-state index in [0.29, 0.717) is 10.7 Å². The van der Waals surface area contributed by atoms with Gasteiger partial charge < -0.3 is 11.1 Å². The summed E-state index contributed by atoms with van der Waals surface area (Å²) in [5.74, 6) is -0.705. The van der Waals surface area contributed by atoms with Crippen LogP contribution in [0.5, 0.6) is 0 Å². The monoisotopic (exact) mass is 409 g/mol. The van der Waals surface area contributed by atoms with E-state index >= 15 is 0 Å². The van der Waals surface area contributed by atoms with Gasteiger partial charge in [0.2, 0.25) is 0 Å². The average molecular weight is 410 g/mol. The summed E-state index contributed by atoms with van der Waals surface area (Å²) >= 11 is 7.22. The molecular formula is C19H18ClF2N3OS. The summed E-state index contributed by atoms with van der Waals surface area (Å²) in [5, 5.41) is 2.93. The van der Waals surface area contributed by atoms with Crippen molar-refractivity contribution in [1.82, 2.24) is 0 Å². The van der Waals surface area contributed by atoms with Crippen LogP contribution in [0.15, 0.2) is 41.4 Å². The van der Waals surface area contributed by atoms with E-state index in [4.69, 9.17) is 17.3 Å². The Morgan fingerprint density at radius 3 is 2.89 bits per heavy atom. The zero-order valence-corrected chi connectivity index (χ0v) is 16.1. The number of carbonyl (C=O) groups is 1. The quantitative estimate of drug-likeness (QED) is 0.757. The third-order valence-electron chi connectivity index (χ3n) is 4.52. The van der Waals surface area contributed by atoms with Crippen LogP contribution in [-0.2, 0) is 12.2 Å². The molecule has 2 aromatic carbocycles. The highest BCUT2D eigenvalue weighted by atomic mass is 35.5. The second-order valence-electron chi connectivity index (χ2n) is 6.38. The molecule has 27 heavy (non-hydrogen) atoms. The van der Waals surface area contributed by atoms with E-state index in [1.807, 2.05) is 6.92 Å². The van der Waals surface area contributed by atoms with E-state index in [9.17, 15) is 13.6 Å². The van der Waals surface area contributed by atoms with Crippen LogP contribution in [0, 0.1) is 5.82 Å². The molecule has 1 amide bonds. The minimum Gasteiger partial charge on any atom is -0.379 e. The Balaban J connectivity index is 1.96. The zero-order chi connectivity index (χ0) is 19.6. The number of nitrogens with one attached hydrogen (secondary N) is 1. The lowest BCUT2D eigenvalue weighted by atomic mass is 9.88. The fourth-order valence-electron chi connectivity index (χ4n) is 2.91. The van der Waals surface area contributed by atoms with E-state index in [1.165, 1.54) is 30.0 Å². The Labute approximate surface area is 165 Å². The van der Waals surface area contributed by atoms with E-state index in [2.05, 4.69) is 10.3 Å². The Kier molecular flexibility index (Phi) is 5.72. The number of benzene rings is 2. The number of hydrogen-bond donors (Lipinski definition) is 2. The Bertz CT molecular complexity index is 922. The number of amidine groups is 1. The lowest BCUT2D eigenvalue weighted by Crippen LogP contribution is -2.29. The number of hydrogen-bond acceptors (Lipinski definition) is 4. The fraction of sp³-hybridized carbons (Fsp3) is 0.263. The molecule has 142 valence electrons. The smallest absolute Gasteiger partial charge is 0.258 e. The van der Waals surface area contributed by atoms with Gasteiger partial charge in [-0.15, -0.1) is 0 Å². The molecule has 0 fully saturated rings. The highest BCUT2D eigenvalue weighted by molar-refractivity contribution is 8.13. The number of amides is 1. The standard InChI is InChI=1S/C19H18ClF2N3OS/c1-19(7-8-27-18(23)25-19)12-6-5-11(10-21)15(9-12)24-17(26)13-3-2-4-14(20)16(13)22/h2-6,9H,7-8,10H2,1H3,(H2,23,25)(H,24,26). The number of nitrogens with two attached hydrogens (primary N) is 1. The van der Waals surface area contributed by atoms with Gasteiger partial charge in [-0.1, -0.05) is 41.6 Å². The third kappa shape index (κ3) is 4.09. The molecule has 0 aliphatic carbocycles. The normalized spacial score (nSPS) is 19.5. The summed E-state index contributed by atoms with van der Waals surface area (Å²) in [4.78, 5) is 17.0. The van der Waals surface area contributed by atoms with Crippen molar-refractivity contribution in [2.45, 2.75) is 25.6 Å². The summed E-state index contributed by atoms with van der Waals surface area (Å²) in [6.07, 6.45) is 0.754. The van der Waals surface area contributed by atoms with Crippen LogP contribution in [0.4, 0.5) is 14.5 Å². The van der Waals surface area contributed by atoms with Crippen LogP contribution in [0.3, 0.4) is 0 Å². The molecule has 3 rings (SSSR count). The first-order valence-electron chi connectivity index (χ1n) is 8.27. The highest BCUT2D eigenvalue weighted by Gasteiger charge is 2.30. The van der Waals surface area contributed by atoms with Crippen molar-refractivity contribution in [3.63, 3.8) is 0 Å². The van der Waals surface area contributed by atoms with Gasteiger partial charge in [0.05, 0.1) is 16.1 Å². The zero-order valence-electron chi connectivity index (χ0n) is 14.6. The summed E-state index contributed by atoms with van der Waals surface area (Å²) in [7, 11) is 0. The van der Waals surface area contributed by atoms with Gasteiger partial charge in [0.1, 0.15) is 6.67 Å². The summed E-state index contributed by atoms with van der Waals surface area (Å²) in [5.41, 5.74) is 6.44. The van der Waals surface area contributed by atoms with Crippen LogP contribution in [0.1, 0.15) is 34.8 Å². The molecule has 1 unspecified atom stereocenters. The maximum absolute atomic E-state index is 14.1. The molecule has 1 heterocycles. The second-order valence-corrected chi connectivity index (χ2v) is 7.91.